The first-order valence-corrected chi connectivity index (χ1v) is 5.86. The van der Waals surface area contributed by atoms with Crippen molar-refractivity contribution in [1.29, 1.82) is 5.26 Å². The Labute approximate surface area is 103 Å². The Bertz CT molecular complexity index is 659. The highest BCUT2D eigenvalue weighted by Crippen LogP contribution is 2.19. The molecule has 0 aromatic carbocycles. The van der Waals surface area contributed by atoms with Gasteiger partial charge in [-0.1, -0.05) is 22.6 Å². The molecule has 2 rings (SSSR count). The van der Waals surface area contributed by atoms with E-state index in [-0.39, 0.29) is 5.56 Å². The molecule has 0 radical (unpaired) electrons. The highest BCUT2D eigenvalue weighted by atomic mass is 127. The highest BCUT2D eigenvalue weighted by molar-refractivity contribution is 14.1. The Balaban J connectivity index is 2.99. The standard InChI is InChI=1S/C10H5FIN3O/c11-5-1-6-7(2-12)8(3-13)10(16)15-9(6)14-4-5/h1,4H,2H2,(H,14,15,16). The Kier molecular flexibility index (Phi) is 2.87. The quantitative estimate of drug-likeness (QED) is 0.641. The lowest BCUT2D eigenvalue weighted by atomic mass is 10.1. The third-order valence-corrected chi connectivity index (χ3v) is 2.95. The minimum Gasteiger partial charge on any atom is -0.305 e. The lowest BCUT2D eigenvalue weighted by molar-refractivity contribution is 0.624. The average molecular weight is 329 g/mol. The minimum absolute atomic E-state index is 0.0225. The van der Waals surface area contributed by atoms with Crippen molar-refractivity contribution in [1.82, 2.24) is 9.97 Å². The van der Waals surface area contributed by atoms with E-state index in [0.717, 1.165) is 6.20 Å². The molecule has 2 aromatic rings. The molecule has 0 spiro atoms. The maximum Gasteiger partial charge on any atom is 0.267 e. The largest absolute Gasteiger partial charge is 0.305 e. The van der Waals surface area contributed by atoms with Crippen molar-refractivity contribution >= 4 is 33.6 Å². The molecule has 2 heterocycles. The van der Waals surface area contributed by atoms with E-state index in [4.69, 9.17) is 5.26 Å². The molecule has 0 aliphatic carbocycles. The van der Waals surface area contributed by atoms with Crippen LogP contribution in [-0.2, 0) is 4.43 Å². The molecule has 6 heteroatoms. The fraction of sp³-hybridized carbons (Fsp3) is 0.100. The van der Waals surface area contributed by atoms with E-state index in [2.05, 4.69) is 9.97 Å². The van der Waals surface area contributed by atoms with Crippen molar-refractivity contribution in [3.8, 4) is 6.07 Å². The summed E-state index contributed by atoms with van der Waals surface area (Å²) >= 11 is 2.02. The van der Waals surface area contributed by atoms with Gasteiger partial charge in [0.1, 0.15) is 23.1 Å². The van der Waals surface area contributed by atoms with Crippen LogP contribution in [-0.4, -0.2) is 9.97 Å². The second kappa shape index (κ2) is 4.17. The van der Waals surface area contributed by atoms with E-state index in [1.807, 2.05) is 28.7 Å². The lowest BCUT2D eigenvalue weighted by Crippen LogP contribution is -2.14. The number of hydrogen-bond donors (Lipinski definition) is 1. The smallest absolute Gasteiger partial charge is 0.267 e. The van der Waals surface area contributed by atoms with E-state index < -0.39 is 11.4 Å². The third kappa shape index (κ3) is 1.67. The van der Waals surface area contributed by atoms with Gasteiger partial charge in [-0.25, -0.2) is 9.37 Å². The number of nitrogens with one attached hydrogen (secondary N) is 1. The summed E-state index contributed by atoms with van der Waals surface area (Å²) in [5.41, 5.74) is 0.362. The number of nitrogens with zero attached hydrogens (tertiary/aromatic N) is 2. The number of rotatable bonds is 1. The number of aromatic nitrogens is 2. The van der Waals surface area contributed by atoms with Crippen LogP contribution in [0.1, 0.15) is 11.1 Å². The van der Waals surface area contributed by atoms with E-state index in [9.17, 15) is 9.18 Å². The lowest BCUT2D eigenvalue weighted by Gasteiger charge is -2.04. The van der Waals surface area contributed by atoms with E-state index >= 15 is 0 Å². The van der Waals surface area contributed by atoms with Crippen LogP contribution in [0.4, 0.5) is 4.39 Å². The molecular weight excluding hydrogens is 324 g/mol. The van der Waals surface area contributed by atoms with Crippen molar-refractivity contribution in [3.63, 3.8) is 0 Å². The average Bonchev–Trinajstić information content (AvgIpc) is 2.28. The summed E-state index contributed by atoms with van der Waals surface area (Å²) in [6.45, 7) is 0. The molecule has 0 aliphatic heterocycles. The second-order valence-corrected chi connectivity index (χ2v) is 3.87. The van der Waals surface area contributed by atoms with Gasteiger partial charge in [0, 0.05) is 9.81 Å². The van der Waals surface area contributed by atoms with E-state index in [0.29, 0.717) is 21.0 Å². The number of alkyl halides is 1. The molecule has 0 saturated carbocycles. The SMILES string of the molecule is N#Cc1c(CI)c2cc(F)cnc2[nH]c1=O. The normalized spacial score (nSPS) is 10.3. The molecule has 0 amide bonds. The Hall–Kier alpha value is -1.49. The summed E-state index contributed by atoms with van der Waals surface area (Å²) < 4.78 is 13.5. The predicted molar refractivity (Wildman–Crippen MR) is 64.8 cm³/mol. The number of fused-ring (bicyclic) bond motifs is 1. The third-order valence-electron chi connectivity index (χ3n) is 2.19. The van der Waals surface area contributed by atoms with Gasteiger partial charge >= 0.3 is 0 Å². The Morgan fingerprint density at radius 3 is 3.00 bits per heavy atom. The molecule has 4 nitrogen and oxygen atoms in total. The van der Waals surface area contributed by atoms with E-state index in [1.165, 1.54) is 6.07 Å². The highest BCUT2D eigenvalue weighted by Gasteiger charge is 2.12. The zero-order chi connectivity index (χ0) is 11.7. The first kappa shape index (κ1) is 11.0. The molecule has 0 bridgehead atoms. The van der Waals surface area contributed by atoms with Crippen LogP contribution < -0.4 is 5.56 Å². The van der Waals surface area contributed by atoms with Crippen molar-refractivity contribution < 1.29 is 4.39 Å². The minimum atomic E-state index is -0.491. The van der Waals surface area contributed by atoms with Crippen LogP contribution in [0.25, 0.3) is 11.0 Å². The van der Waals surface area contributed by atoms with Crippen molar-refractivity contribution in [2.45, 2.75) is 4.43 Å². The molecule has 0 atom stereocenters. The molecule has 80 valence electrons. The summed E-state index contributed by atoms with van der Waals surface area (Å²) in [7, 11) is 0. The second-order valence-electron chi connectivity index (χ2n) is 3.10. The van der Waals surface area contributed by atoms with Crippen molar-refractivity contribution in [2.24, 2.45) is 0 Å². The summed E-state index contributed by atoms with van der Waals surface area (Å²) in [5, 5.41) is 9.35. The van der Waals surface area contributed by atoms with Crippen LogP contribution in [0.5, 0.6) is 0 Å². The summed E-state index contributed by atoms with van der Waals surface area (Å²) in [6.07, 6.45) is 1.03. The monoisotopic (exact) mass is 329 g/mol. The number of aromatic amines is 1. The fourth-order valence-corrected chi connectivity index (χ4v) is 2.26. The number of hydrogen-bond acceptors (Lipinski definition) is 3. The van der Waals surface area contributed by atoms with Gasteiger partial charge in [-0.2, -0.15) is 5.26 Å². The summed E-state index contributed by atoms with van der Waals surface area (Å²) in [4.78, 5) is 17.7. The topological polar surface area (TPSA) is 69.5 Å². The number of pyridine rings is 2. The molecule has 0 saturated heterocycles. The van der Waals surface area contributed by atoms with Crippen LogP contribution in [0.3, 0.4) is 0 Å². The molecule has 16 heavy (non-hydrogen) atoms. The summed E-state index contributed by atoms with van der Waals surface area (Å²) in [6, 6.07) is 3.10. The summed E-state index contributed by atoms with van der Waals surface area (Å²) in [5.74, 6) is -0.491. The van der Waals surface area contributed by atoms with Crippen LogP contribution in [0.2, 0.25) is 0 Å². The van der Waals surface area contributed by atoms with Gasteiger partial charge in [0.05, 0.1) is 6.20 Å². The maximum atomic E-state index is 13.0. The van der Waals surface area contributed by atoms with Crippen LogP contribution in [0, 0.1) is 17.1 Å². The number of nitriles is 1. The van der Waals surface area contributed by atoms with Gasteiger partial charge in [0.15, 0.2) is 0 Å². The molecular formula is C10H5FIN3O. The van der Waals surface area contributed by atoms with Gasteiger partial charge in [0.25, 0.3) is 5.56 Å². The molecule has 2 aromatic heterocycles. The van der Waals surface area contributed by atoms with Gasteiger partial charge < -0.3 is 4.98 Å². The molecule has 0 aliphatic rings. The van der Waals surface area contributed by atoms with Gasteiger partial charge in [0.2, 0.25) is 0 Å². The zero-order valence-electron chi connectivity index (χ0n) is 7.92. The Morgan fingerprint density at radius 1 is 1.62 bits per heavy atom. The molecule has 1 N–H and O–H groups in total. The van der Waals surface area contributed by atoms with Crippen LogP contribution >= 0.6 is 22.6 Å². The number of halogens is 2. The van der Waals surface area contributed by atoms with Crippen LogP contribution in [0.15, 0.2) is 17.1 Å². The first-order valence-electron chi connectivity index (χ1n) is 4.34. The maximum absolute atomic E-state index is 13.0. The number of H-pyrrole nitrogens is 1. The predicted octanol–water partition coefficient (Wildman–Crippen LogP) is 1.87. The fourth-order valence-electron chi connectivity index (χ4n) is 1.47. The molecule has 0 fully saturated rings. The first-order chi connectivity index (χ1) is 7.67. The van der Waals surface area contributed by atoms with Gasteiger partial charge in [-0.15, -0.1) is 0 Å². The molecule has 0 unspecified atom stereocenters. The van der Waals surface area contributed by atoms with Gasteiger partial charge in [-0.05, 0) is 11.6 Å². The van der Waals surface area contributed by atoms with Gasteiger partial charge in [-0.3, -0.25) is 4.79 Å². The Morgan fingerprint density at radius 2 is 2.38 bits per heavy atom. The van der Waals surface area contributed by atoms with E-state index in [1.54, 1.807) is 0 Å². The van der Waals surface area contributed by atoms with Crippen molar-refractivity contribution in [2.75, 3.05) is 0 Å². The van der Waals surface area contributed by atoms with Crippen molar-refractivity contribution in [3.05, 3.63) is 39.6 Å². The zero-order valence-corrected chi connectivity index (χ0v) is 10.1.